The first-order chi connectivity index (χ1) is 39.3. The molecule has 9 N–H and O–H groups in total. The summed E-state index contributed by atoms with van der Waals surface area (Å²) in [6, 6.07) is 12.2. The van der Waals surface area contributed by atoms with Gasteiger partial charge in [0.1, 0.15) is 43.4 Å². The number of alkyl carbamates (subject to hydrolysis) is 1. The van der Waals surface area contributed by atoms with Crippen molar-refractivity contribution in [3.63, 3.8) is 0 Å². The molecule has 2 aromatic rings. The highest BCUT2D eigenvalue weighted by Crippen LogP contribution is 2.75. The second-order valence-electron chi connectivity index (χ2n) is 24.8. The largest absolute Gasteiger partial charge is 0.479 e. The van der Waals surface area contributed by atoms with Gasteiger partial charge in [0.05, 0.1) is 17.2 Å². The summed E-state index contributed by atoms with van der Waals surface area (Å²) in [5, 5.41) is 71.3. The Kier molecular flexibility index (Phi) is 14.6. The topological polar surface area (TPSA) is 328 Å². The summed E-state index contributed by atoms with van der Waals surface area (Å²) in [6.45, 7) is 2.78. The Balaban J connectivity index is 0.689. The van der Waals surface area contributed by atoms with E-state index in [0.29, 0.717) is 37.8 Å². The number of ether oxygens (including phenoxy) is 3. The molecule has 6 saturated carbocycles. The fourth-order valence-corrected chi connectivity index (χ4v) is 16.2. The van der Waals surface area contributed by atoms with E-state index in [1.54, 1.807) is 6.92 Å². The van der Waals surface area contributed by atoms with E-state index in [-0.39, 0.29) is 86.1 Å². The molecule has 0 unspecified atom stereocenters. The summed E-state index contributed by atoms with van der Waals surface area (Å²) in [5.41, 5.74) is -4.23. The number of hydrogen-bond donors (Lipinski definition) is 9. The van der Waals surface area contributed by atoms with E-state index < -0.39 is 130 Å². The van der Waals surface area contributed by atoms with Crippen molar-refractivity contribution in [2.45, 2.75) is 132 Å². The summed E-state index contributed by atoms with van der Waals surface area (Å²) < 4.78 is 50.6. The van der Waals surface area contributed by atoms with Crippen molar-refractivity contribution in [3.8, 4) is 5.75 Å². The van der Waals surface area contributed by atoms with Crippen molar-refractivity contribution in [3.05, 3.63) is 89.5 Å². The summed E-state index contributed by atoms with van der Waals surface area (Å²) in [4.78, 5) is 104. The summed E-state index contributed by atoms with van der Waals surface area (Å²) in [7, 11) is 0. The van der Waals surface area contributed by atoms with Gasteiger partial charge in [0, 0.05) is 73.7 Å². The van der Waals surface area contributed by atoms with E-state index in [1.807, 2.05) is 31.2 Å². The smallest absolute Gasteiger partial charge is 0.407 e. The molecule has 2 aromatic carbocycles. The van der Waals surface area contributed by atoms with Crippen LogP contribution in [0, 0.1) is 39.4 Å². The average Bonchev–Trinajstić information content (AvgIpc) is 1.69. The SMILES string of the molecule is C[C@]12C=CC(=O)C=C1[C@@H](F)C[C@H]1[C@@H]3C[C@H]4CN(c5ccc(CC67CC(NC(=O)OCc8ccc(O[C@@H]9O[C@H](C(=O)O)[C@@H](O)[C@H](O)[C@H]9O)c(NC(=O)CCNC(=O)CCN9C(=O)C=CC9=O)c8)(C6)C7)cc5)C[C@@]4(C(=O)CO)[C@@]3(C)C[C@H](O)[C@@]12F. The van der Waals surface area contributed by atoms with Crippen molar-refractivity contribution >= 4 is 58.6 Å². The predicted molar refractivity (Wildman–Crippen MR) is 285 cm³/mol. The van der Waals surface area contributed by atoms with E-state index in [4.69, 9.17) is 14.2 Å². The van der Waals surface area contributed by atoms with Crippen LogP contribution in [0.15, 0.2) is 78.4 Å². The Hall–Kier alpha value is -6.96. The molecule has 5 amide bonds. The minimum atomic E-state index is -2.28. The number of carbonyl (C=O) groups excluding carboxylic acids is 7. The lowest BCUT2D eigenvalue weighted by atomic mass is 9.38. The van der Waals surface area contributed by atoms with Gasteiger partial charge in [0.15, 0.2) is 23.3 Å². The molecule has 12 rings (SSSR count). The van der Waals surface area contributed by atoms with Gasteiger partial charge in [-0.15, -0.1) is 0 Å². The molecule has 10 aliphatic rings. The number of ketones is 2. The van der Waals surface area contributed by atoms with Gasteiger partial charge in [0.2, 0.25) is 18.1 Å². The predicted octanol–water partition coefficient (Wildman–Crippen LogP) is 2.02. The number of hydrogen-bond acceptors (Lipinski definition) is 17. The Morgan fingerprint density at radius 3 is 2.24 bits per heavy atom. The molecule has 14 atom stereocenters. The summed E-state index contributed by atoms with van der Waals surface area (Å²) in [6.07, 6.45) is -5.20. The molecular formula is C59H67F2N5O17. The van der Waals surface area contributed by atoms with Crippen LogP contribution in [0.1, 0.15) is 76.3 Å². The average molecular weight is 1160 g/mol. The maximum Gasteiger partial charge on any atom is 0.407 e. The molecule has 7 aliphatic carbocycles. The zero-order valence-corrected chi connectivity index (χ0v) is 45.6. The number of fused-ring (bicyclic) bond motifs is 7. The van der Waals surface area contributed by atoms with Gasteiger partial charge in [0.25, 0.3) is 11.8 Å². The number of aliphatic carboxylic acids is 1. The fourth-order valence-electron chi connectivity index (χ4n) is 16.2. The van der Waals surface area contributed by atoms with Crippen LogP contribution in [0.2, 0.25) is 0 Å². The number of nitrogens with zero attached hydrogens (tertiary/aromatic N) is 2. The maximum atomic E-state index is 17.9. The number of aliphatic hydroxyl groups excluding tert-OH is 5. The number of carboxylic acid groups (broad SMARTS) is 1. The number of carboxylic acids is 1. The first-order valence-electron chi connectivity index (χ1n) is 28.0. The number of allylic oxidation sites excluding steroid dienone is 4. The van der Waals surface area contributed by atoms with Crippen LogP contribution < -0.4 is 25.6 Å². The quantitative estimate of drug-likeness (QED) is 0.0965. The first kappa shape index (κ1) is 57.8. The molecule has 0 aromatic heterocycles. The van der Waals surface area contributed by atoms with Crippen molar-refractivity contribution in [1.82, 2.24) is 15.5 Å². The molecule has 8 fully saturated rings. The monoisotopic (exact) mass is 1160 g/mol. The van der Waals surface area contributed by atoms with E-state index in [0.717, 1.165) is 40.8 Å². The van der Waals surface area contributed by atoms with Gasteiger partial charge in [-0.05, 0) is 128 Å². The highest BCUT2D eigenvalue weighted by Gasteiger charge is 2.78. The van der Waals surface area contributed by atoms with Crippen LogP contribution in [-0.4, -0.2) is 170 Å². The molecule has 24 heteroatoms. The van der Waals surface area contributed by atoms with Gasteiger partial charge in [-0.3, -0.25) is 33.7 Å². The molecule has 2 bridgehead atoms. The van der Waals surface area contributed by atoms with Crippen LogP contribution in [0.25, 0.3) is 0 Å². The summed E-state index contributed by atoms with van der Waals surface area (Å²) >= 11 is 0. The Morgan fingerprint density at radius 2 is 1.55 bits per heavy atom. The lowest BCUT2D eigenvalue weighted by Gasteiger charge is -2.70. The number of halogens is 2. The van der Waals surface area contributed by atoms with Crippen LogP contribution >= 0.6 is 0 Å². The van der Waals surface area contributed by atoms with E-state index >= 15 is 8.78 Å². The Morgan fingerprint density at radius 1 is 0.855 bits per heavy atom. The first-order valence-corrected chi connectivity index (χ1v) is 28.0. The molecule has 3 heterocycles. The third-order valence-electron chi connectivity index (χ3n) is 20.1. The second-order valence-corrected chi connectivity index (χ2v) is 24.8. The molecule has 22 nitrogen and oxygen atoms in total. The number of Topliss-reactive ketones (excluding diaryl/α,β-unsaturated/α-hetero) is 1. The number of aliphatic hydroxyl groups is 5. The highest BCUT2D eigenvalue weighted by molar-refractivity contribution is 6.13. The minimum absolute atomic E-state index is 0.0374. The lowest BCUT2D eigenvalue weighted by molar-refractivity contribution is -0.271. The normalized spacial score (nSPS) is 37.9. The third-order valence-corrected chi connectivity index (χ3v) is 20.1. The summed E-state index contributed by atoms with van der Waals surface area (Å²) in [5.74, 6) is -6.63. The van der Waals surface area contributed by atoms with Crippen molar-refractivity contribution in [2.75, 3.05) is 43.0 Å². The number of imide groups is 1. The van der Waals surface area contributed by atoms with Gasteiger partial charge < -0.3 is 65.7 Å². The van der Waals surface area contributed by atoms with Gasteiger partial charge in [-0.1, -0.05) is 31.2 Å². The number of amides is 5. The lowest BCUT2D eigenvalue weighted by Crippen LogP contribution is -2.75. The van der Waals surface area contributed by atoms with E-state index in [9.17, 15) is 69.0 Å². The molecule has 3 aliphatic heterocycles. The third kappa shape index (κ3) is 9.52. The van der Waals surface area contributed by atoms with Crippen LogP contribution in [0.5, 0.6) is 5.75 Å². The van der Waals surface area contributed by atoms with Gasteiger partial charge in [-0.25, -0.2) is 18.4 Å². The molecule has 0 radical (unpaired) electrons. The van der Waals surface area contributed by atoms with Crippen molar-refractivity contribution < 1.29 is 92.0 Å². The standard InChI is InChI=1S/C59H67F2N5O17/c1-54-14-11-34(68)19-37(54)38(60)20-36-35-18-32-23-65(29-58(32,42(70)24-67)55(35,2)22-41(69)59(36,54)61)33-6-3-30(4-7-33)21-56-26-57(27-56,28-56)64-53(80)81-25-31-5-8-40(82-52-49(77)47(75)48(76)50(83-52)51(78)79)39(17-31)63-44(72)12-15-62-43(71)13-16-66-45(73)9-10-46(66)74/h3-11,14,17,19,32,35-36,38,41,47-50,52,67,69,75-77H,12-13,15-16,18,20-29H2,1-2H3,(H,62,71)(H,63,72)(H,64,80)(H,78,79)/t32-,35-,36-,38-,41-,47-,48-,49+,50-,52+,54-,55-,56?,57?,58+,59-/m0/s1. The number of benzene rings is 2. The second kappa shape index (κ2) is 21.0. The van der Waals surface area contributed by atoms with Crippen LogP contribution in [0.4, 0.5) is 25.0 Å². The van der Waals surface area contributed by atoms with Gasteiger partial charge in [-0.2, -0.15) is 0 Å². The van der Waals surface area contributed by atoms with E-state index in [1.165, 1.54) is 30.4 Å². The Bertz CT molecular complexity index is 3120. The zero-order chi connectivity index (χ0) is 59.3. The van der Waals surface area contributed by atoms with E-state index in [2.05, 4.69) is 20.9 Å². The maximum absolute atomic E-state index is 17.9. The number of nitrogens with one attached hydrogen (secondary N) is 3. The van der Waals surface area contributed by atoms with Gasteiger partial charge >= 0.3 is 12.1 Å². The Labute approximate surface area is 474 Å². The number of rotatable bonds is 18. The number of carbonyl (C=O) groups is 8. The number of alkyl halides is 2. The van der Waals surface area contributed by atoms with Crippen LogP contribution in [0.3, 0.4) is 0 Å². The minimum Gasteiger partial charge on any atom is -0.479 e. The fraction of sp³-hybridized carbons (Fsp3) is 0.559. The van der Waals surface area contributed by atoms with Crippen LogP contribution in [-0.2, 0) is 56.1 Å². The van der Waals surface area contributed by atoms with Crippen molar-refractivity contribution in [1.29, 1.82) is 0 Å². The van der Waals surface area contributed by atoms with Crippen molar-refractivity contribution in [2.24, 2.45) is 39.4 Å². The molecule has 83 heavy (non-hydrogen) atoms. The molecule has 0 spiro atoms. The molecule has 444 valence electrons. The number of anilines is 2. The zero-order valence-electron chi connectivity index (χ0n) is 45.6. The molecule has 2 saturated heterocycles. The molecular weight excluding hydrogens is 1090 g/mol. The highest BCUT2D eigenvalue weighted by atomic mass is 19.1.